The number of carbonyl (C=O) groups is 2. The predicted molar refractivity (Wildman–Crippen MR) is 101 cm³/mol. The fourth-order valence-electron chi connectivity index (χ4n) is 2.89. The minimum atomic E-state index is -0.455. The molecule has 0 fully saturated rings. The van der Waals surface area contributed by atoms with Crippen LogP contribution in [0.1, 0.15) is 33.8 Å². The summed E-state index contributed by atoms with van der Waals surface area (Å²) in [7, 11) is 0. The molecule has 0 aliphatic rings. The highest BCUT2D eigenvalue weighted by Gasteiger charge is 2.20. The number of carbonyl (C=O) groups excluding carboxylic acids is 2. The van der Waals surface area contributed by atoms with Gasteiger partial charge in [0.1, 0.15) is 5.82 Å². The van der Waals surface area contributed by atoms with Crippen molar-refractivity contribution < 1.29 is 18.7 Å². The zero-order valence-corrected chi connectivity index (χ0v) is 14.7. The molecule has 0 saturated carbocycles. The van der Waals surface area contributed by atoms with Gasteiger partial charge < -0.3 is 4.74 Å². The molecule has 0 atom stereocenters. The molecule has 0 aromatic heterocycles. The largest absolute Gasteiger partial charge is 0.457 e. The van der Waals surface area contributed by atoms with Gasteiger partial charge in [0.2, 0.25) is 0 Å². The van der Waals surface area contributed by atoms with Gasteiger partial charge in [0.05, 0.1) is 6.42 Å². The van der Waals surface area contributed by atoms with Crippen LogP contribution in [0.25, 0.3) is 0 Å². The summed E-state index contributed by atoms with van der Waals surface area (Å²) in [6.45, 7) is -0.360. The van der Waals surface area contributed by atoms with Crippen molar-refractivity contribution in [1.82, 2.24) is 0 Å². The standard InChI is InChI=1S/C23H19FO3/c24-20-13-11-19(12-14-20)22(25)16-27-23(26)15-21(17-7-3-1-4-8-17)18-9-5-2-6-10-18/h1-14,21H,15-16H2. The van der Waals surface area contributed by atoms with Gasteiger partial charge in [-0.1, -0.05) is 60.7 Å². The predicted octanol–water partition coefficient (Wildman–Crippen LogP) is 4.77. The summed E-state index contributed by atoms with van der Waals surface area (Å²) in [5, 5.41) is 0. The second kappa shape index (κ2) is 8.90. The first-order valence-electron chi connectivity index (χ1n) is 8.68. The molecule has 0 heterocycles. The molecule has 136 valence electrons. The minimum absolute atomic E-state index is 0.130. The second-order valence-corrected chi connectivity index (χ2v) is 6.17. The zero-order chi connectivity index (χ0) is 19.1. The van der Waals surface area contributed by atoms with E-state index >= 15 is 0 Å². The molecule has 0 aliphatic carbocycles. The molecule has 0 aliphatic heterocycles. The number of benzene rings is 3. The van der Waals surface area contributed by atoms with Crippen LogP contribution in [0, 0.1) is 5.82 Å². The van der Waals surface area contributed by atoms with E-state index in [1.165, 1.54) is 24.3 Å². The maximum Gasteiger partial charge on any atom is 0.307 e. The zero-order valence-electron chi connectivity index (χ0n) is 14.7. The molecule has 0 radical (unpaired) electrons. The Morgan fingerprint density at radius 2 is 1.30 bits per heavy atom. The van der Waals surface area contributed by atoms with E-state index in [1.807, 2.05) is 60.7 Å². The lowest BCUT2D eigenvalue weighted by Crippen LogP contribution is -2.17. The Bertz CT molecular complexity index is 850. The Balaban J connectivity index is 1.66. The summed E-state index contributed by atoms with van der Waals surface area (Å²) in [6.07, 6.45) is 0.130. The molecule has 0 unspecified atom stereocenters. The number of hydrogen-bond acceptors (Lipinski definition) is 3. The minimum Gasteiger partial charge on any atom is -0.457 e. The molecule has 4 heteroatoms. The van der Waals surface area contributed by atoms with Gasteiger partial charge >= 0.3 is 5.97 Å². The van der Waals surface area contributed by atoms with Gasteiger partial charge in [-0.05, 0) is 35.4 Å². The van der Waals surface area contributed by atoms with Crippen LogP contribution < -0.4 is 0 Å². The lowest BCUT2D eigenvalue weighted by Gasteiger charge is -2.17. The molecular weight excluding hydrogens is 343 g/mol. The summed E-state index contributed by atoms with van der Waals surface area (Å²) in [4.78, 5) is 24.4. The van der Waals surface area contributed by atoms with Crippen LogP contribution in [0.3, 0.4) is 0 Å². The fourth-order valence-corrected chi connectivity index (χ4v) is 2.89. The molecule has 0 spiro atoms. The van der Waals surface area contributed by atoms with Crippen LogP contribution in [0.5, 0.6) is 0 Å². The average molecular weight is 362 g/mol. The van der Waals surface area contributed by atoms with Crippen molar-refractivity contribution in [2.45, 2.75) is 12.3 Å². The van der Waals surface area contributed by atoms with E-state index in [0.29, 0.717) is 5.56 Å². The summed E-state index contributed by atoms with van der Waals surface area (Å²) >= 11 is 0. The van der Waals surface area contributed by atoms with Crippen LogP contribution in [-0.4, -0.2) is 18.4 Å². The summed E-state index contributed by atoms with van der Waals surface area (Å²) in [6, 6.07) is 24.6. The lowest BCUT2D eigenvalue weighted by atomic mass is 9.89. The smallest absolute Gasteiger partial charge is 0.307 e. The number of esters is 1. The van der Waals surface area contributed by atoms with Gasteiger partial charge in [-0.3, -0.25) is 9.59 Å². The van der Waals surface area contributed by atoms with Gasteiger partial charge in [-0.2, -0.15) is 0 Å². The Hall–Kier alpha value is -3.27. The topological polar surface area (TPSA) is 43.4 Å². The summed E-state index contributed by atoms with van der Waals surface area (Å²) in [5.41, 5.74) is 2.32. The third-order valence-electron chi connectivity index (χ3n) is 4.31. The first kappa shape index (κ1) is 18.5. The van der Waals surface area contributed by atoms with Crippen LogP contribution in [0.15, 0.2) is 84.9 Å². The maximum atomic E-state index is 12.9. The van der Waals surface area contributed by atoms with Gasteiger partial charge in [0.15, 0.2) is 12.4 Å². The van der Waals surface area contributed by atoms with E-state index in [9.17, 15) is 14.0 Å². The molecule has 0 bridgehead atoms. The third-order valence-corrected chi connectivity index (χ3v) is 4.31. The monoisotopic (exact) mass is 362 g/mol. The van der Waals surface area contributed by atoms with E-state index in [-0.39, 0.29) is 24.7 Å². The van der Waals surface area contributed by atoms with E-state index in [2.05, 4.69) is 0 Å². The van der Waals surface area contributed by atoms with Crippen LogP contribution >= 0.6 is 0 Å². The van der Waals surface area contributed by atoms with Crippen LogP contribution in [-0.2, 0) is 9.53 Å². The van der Waals surface area contributed by atoms with Crippen molar-refractivity contribution in [3.05, 3.63) is 107 Å². The van der Waals surface area contributed by atoms with E-state index in [4.69, 9.17) is 4.74 Å². The van der Waals surface area contributed by atoms with Crippen molar-refractivity contribution in [3.63, 3.8) is 0 Å². The molecule has 3 aromatic carbocycles. The van der Waals surface area contributed by atoms with Gasteiger partial charge in [0, 0.05) is 11.5 Å². The van der Waals surface area contributed by atoms with Crippen molar-refractivity contribution >= 4 is 11.8 Å². The number of halogens is 1. The first-order chi connectivity index (χ1) is 13.1. The Morgan fingerprint density at radius 1 is 0.778 bits per heavy atom. The Labute approximate surface area is 157 Å². The molecule has 3 rings (SSSR count). The van der Waals surface area contributed by atoms with Gasteiger partial charge in [-0.25, -0.2) is 4.39 Å². The molecule has 0 amide bonds. The Morgan fingerprint density at radius 3 is 1.81 bits per heavy atom. The SMILES string of the molecule is O=C(CC(c1ccccc1)c1ccccc1)OCC(=O)c1ccc(F)cc1. The fraction of sp³-hybridized carbons (Fsp3) is 0.130. The molecule has 0 saturated heterocycles. The molecule has 3 nitrogen and oxygen atoms in total. The highest BCUT2D eigenvalue weighted by Crippen LogP contribution is 2.28. The van der Waals surface area contributed by atoms with Gasteiger partial charge in [0.25, 0.3) is 0 Å². The van der Waals surface area contributed by atoms with Crippen molar-refractivity contribution in [1.29, 1.82) is 0 Å². The third kappa shape index (κ3) is 5.11. The molecule has 0 N–H and O–H groups in total. The number of ketones is 1. The number of ether oxygens (including phenoxy) is 1. The number of Topliss-reactive ketones (excluding diaryl/α,β-unsaturated/α-hetero) is 1. The van der Waals surface area contributed by atoms with Crippen molar-refractivity contribution in [2.75, 3.05) is 6.61 Å². The average Bonchev–Trinajstić information content (AvgIpc) is 2.72. The van der Waals surface area contributed by atoms with Gasteiger partial charge in [-0.15, -0.1) is 0 Å². The highest BCUT2D eigenvalue weighted by molar-refractivity contribution is 5.97. The van der Waals surface area contributed by atoms with E-state index < -0.39 is 11.8 Å². The highest BCUT2D eigenvalue weighted by atomic mass is 19.1. The molecule has 27 heavy (non-hydrogen) atoms. The lowest BCUT2D eigenvalue weighted by molar-refractivity contribution is -0.142. The molecule has 3 aromatic rings. The second-order valence-electron chi connectivity index (χ2n) is 6.17. The van der Waals surface area contributed by atoms with Crippen LogP contribution in [0.4, 0.5) is 4.39 Å². The summed E-state index contributed by atoms with van der Waals surface area (Å²) in [5.74, 6) is -1.39. The van der Waals surface area contributed by atoms with E-state index in [1.54, 1.807) is 0 Å². The van der Waals surface area contributed by atoms with Crippen LogP contribution in [0.2, 0.25) is 0 Å². The number of hydrogen-bond donors (Lipinski definition) is 0. The quantitative estimate of drug-likeness (QED) is 0.449. The van der Waals surface area contributed by atoms with E-state index in [0.717, 1.165) is 11.1 Å². The van der Waals surface area contributed by atoms with Crippen molar-refractivity contribution in [2.24, 2.45) is 0 Å². The maximum absolute atomic E-state index is 12.9. The molecular formula is C23H19FO3. The van der Waals surface area contributed by atoms with Crippen molar-refractivity contribution in [3.8, 4) is 0 Å². The first-order valence-corrected chi connectivity index (χ1v) is 8.68. The Kier molecular flexibility index (Phi) is 6.10. The number of rotatable bonds is 7. The normalized spacial score (nSPS) is 10.6. The summed E-state index contributed by atoms with van der Waals surface area (Å²) < 4.78 is 18.1.